The summed E-state index contributed by atoms with van der Waals surface area (Å²) in [4.78, 5) is 11.7. The van der Waals surface area contributed by atoms with Crippen molar-refractivity contribution in [2.45, 2.75) is 0 Å². The quantitative estimate of drug-likeness (QED) is 0.706. The third kappa shape index (κ3) is 1.49. The van der Waals surface area contributed by atoms with Gasteiger partial charge in [0.2, 0.25) is 0 Å². The molecule has 0 amide bonds. The van der Waals surface area contributed by atoms with E-state index in [1.807, 2.05) is 18.2 Å². The second kappa shape index (κ2) is 3.39. The molecule has 0 saturated carbocycles. The topological polar surface area (TPSA) is 60.0 Å². The van der Waals surface area contributed by atoms with E-state index in [9.17, 15) is 4.79 Å². The van der Waals surface area contributed by atoms with Gasteiger partial charge in [0.1, 0.15) is 0 Å². The van der Waals surface area contributed by atoms with E-state index in [0.717, 1.165) is 4.70 Å². The number of thiocarbonyl (C=S) groups is 1. The van der Waals surface area contributed by atoms with Gasteiger partial charge in [-0.15, -0.1) is 0 Å². The summed E-state index contributed by atoms with van der Waals surface area (Å²) in [7, 11) is 0. The predicted molar refractivity (Wildman–Crippen MR) is 62.2 cm³/mol. The van der Waals surface area contributed by atoms with Crippen molar-refractivity contribution in [1.29, 1.82) is 0 Å². The summed E-state index contributed by atoms with van der Waals surface area (Å²) in [6.45, 7) is 0. The summed E-state index contributed by atoms with van der Waals surface area (Å²) in [5.41, 5.74) is 7.75. The van der Waals surface area contributed by atoms with Crippen LogP contribution in [-0.4, -0.2) is 9.18 Å². The number of nitrogens with zero attached hydrogens (tertiary/aromatic N) is 1. The molecule has 2 aromatic rings. The Hall–Kier alpha value is -1.40. The lowest BCUT2D eigenvalue weighted by Crippen LogP contribution is -2.32. The lowest BCUT2D eigenvalue weighted by Gasteiger charge is -1.99. The molecular formula is C8H7N3OS2. The number of nitrogens with one attached hydrogen (secondary N) is 1. The molecule has 0 aliphatic carbocycles. The van der Waals surface area contributed by atoms with Crippen LogP contribution in [0.4, 0.5) is 0 Å². The van der Waals surface area contributed by atoms with Gasteiger partial charge in [-0.3, -0.25) is 10.2 Å². The maximum Gasteiger partial charge on any atom is 0.287 e. The third-order valence-corrected chi connectivity index (χ3v) is 2.79. The Morgan fingerprint density at radius 2 is 2.21 bits per heavy atom. The fourth-order valence-electron chi connectivity index (χ4n) is 1.15. The van der Waals surface area contributed by atoms with E-state index in [1.54, 1.807) is 6.07 Å². The average Bonchev–Trinajstić information content (AvgIpc) is 2.44. The lowest BCUT2D eigenvalue weighted by molar-refractivity contribution is 1.05. The van der Waals surface area contributed by atoms with Gasteiger partial charge in [0, 0.05) is 0 Å². The van der Waals surface area contributed by atoms with Crippen LogP contribution in [-0.2, 0) is 0 Å². The van der Waals surface area contributed by atoms with E-state index in [-0.39, 0.29) is 10.7 Å². The van der Waals surface area contributed by atoms with Crippen molar-refractivity contribution < 1.29 is 0 Å². The van der Waals surface area contributed by atoms with Gasteiger partial charge in [0.15, 0.2) is 5.11 Å². The van der Waals surface area contributed by atoms with Gasteiger partial charge in [0.05, 0.1) is 10.1 Å². The highest BCUT2D eigenvalue weighted by Gasteiger charge is 2.05. The fourth-order valence-corrected chi connectivity index (χ4v) is 2.21. The van der Waals surface area contributed by atoms with E-state index in [1.165, 1.54) is 15.6 Å². The molecule has 2 rings (SSSR count). The first-order valence-corrected chi connectivity index (χ1v) is 5.04. The standard InChI is InChI=1S/C8H7N3OS2/c9-8(13)10-11-7(12)5-3-1-2-4-6(5)14-11/h1-4H,(H3,9,10,13). The molecule has 0 unspecified atom stereocenters. The molecule has 0 bridgehead atoms. The van der Waals surface area contributed by atoms with Crippen LogP contribution in [0.2, 0.25) is 0 Å². The van der Waals surface area contributed by atoms with Gasteiger partial charge < -0.3 is 5.73 Å². The number of hydrogen-bond donors (Lipinski definition) is 2. The molecule has 0 fully saturated rings. The minimum Gasteiger partial charge on any atom is -0.375 e. The SMILES string of the molecule is NC(=S)Nn1sc2ccccc2c1=O. The Labute approximate surface area is 89.1 Å². The molecule has 0 radical (unpaired) electrons. The van der Waals surface area contributed by atoms with Crippen LogP contribution in [0.15, 0.2) is 29.1 Å². The van der Waals surface area contributed by atoms with E-state index in [4.69, 9.17) is 5.73 Å². The van der Waals surface area contributed by atoms with Crippen LogP contribution >= 0.6 is 23.8 Å². The highest BCUT2D eigenvalue weighted by molar-refractivity contribution is 7.80. The van der Waals surface area contributed by atoms with E-state index in [2.05, 4.69) is 17.6 Å². The van der Waals surface area contributed by atoms with Crippen molar-refractivity contribution >= 4 is 38.9 Å². The molecule has 0 aliphatic rings. The Bertz CT molecular complexity index is 543. The average molecular weight is 225 g/mol. The van der Waals surface area contributed by atoms with Crippen molar-refractivity contribution in [2.75, 3.05) is 5.43 Å². The van der Waals surface area contributed by atoms with Crippen LogP contribution < -0.4 is 16.7 Å². The molecule has 0 atom stereocenters. The second-order valence-electron chi connectivity index (χ2n) is 2.66. The maximum absolute atomic E-state index is 11.7. The van der Waals surface area contributed by atoms with Gasteiger partial charge in [-0.1, -0.05) is 12.1 Å². The number of rotatable bonds is 1. The van der Waals surface area contributed by atoms with Crippen LogP contribution in [0.3, 0.4) is 0 Å². The number of fused-ring (bicyclic) bond motifs is 1. The summed E-state index contributed by atoms with van der Waals surface area (Å²) >= 11 is 5.93. The first-order valence-electron chi connectivity index (χ1n) is 3.86. The van der Waals surface area contributed by atoms with Crippen LogP contribution in [0.25, 0.3) is 10.1 Å². The number of aromatic nitrogens is 1. The zero-order valence-electron chi connectivity index (χ0n) is 7.06. The molecule has 14 heavy (non-hydrogen) atoms. The maximum atomic E-state index is 11.7. The predicted octanol–water partition coefficient (Wildman–Crippen LogP) is 0.850. The lowest BCUT2D eigenvalue weighted by atomic mass is 10.3. The highest BCUT2D eigenvalue weighted by atomic mass is 32.1. The van der Waals surface area contributed by atoms with Crippen LogP contribution in [0.1, 0.15) is 0 Å². The first kappa shape index (κ1) is 9.17. The molecular weight excluding hydrogens is 218 g/mol. The second-order valence-corrected chi connectivity index (χ2v) is 4.09. The monoisotopic (exact) mass is 225 g/mol. The van der Waals surface area contributed by atoms with E-state index >= 15 is 0 Å². The van der Waals surface area contributed by atoms with E-state index in [0.29, 0.717) is 5.39 Å². The smallest absolute Gasteiger partial charge is 0.287 e. The van der Waals surface area contributed by atoms with Crippen LogP contribution in [0, 0.1) is 0 Å². The molecule has 6 heteroatoms. The summed E-state index contributed by atoms with van der Waals surface area (Å²) in [5.74, 6) is 0. The Morgan fingerprint density at radius 3 is 2.86 bits per heavy atom. The third-order valence-electron chi connectivity index (χ3n) is 1.70. The number of nitrogens with two attached hydrogens (primary N) is 1. The zero-order chi connectivity index (χ0) is 10.1. The van der Waals surface area contributed by atoms with Gasteiger partial charge >= 0.3 is 0 Å². The van der Waals surface area contributed by atoms with Crippen LogP contribution in [0.5, 0.6) is 0 Å². The van der Waals surface area contributed by atoms with Gasteiger partial charge in [-0.2, -0.15) is 4.07 Å². The van der Waals surface area contributed by atoms with Crippen molar-refractivity contribution in [1.82, 2.24) is 4.07 Å². The molecule has 0 spiro atoms. The Morgan fingerprint density at radius 1 is 1.50 bits per heavy atom. The van der Waals surface area contributed by atoms with E-state index < -0.39 is 0 Å². The van der Waals surface area contributed by atoms with Crippen molar-refractivity contribution in [3.63, 3.8) is 0 Å². The summed E-state index contributed by atoms with van der Waals surface area (Å²) in [6.07, 6.45) is 0. The molecule has 3 N–H and O–H groups in total. The number of hydrogen-bond acceptors (Lipinski definition) is 3. The normalized spacial score (nSPS) is 10.3. The minimum absolute atomic E-state index is 0.0821. The minimum atomic E-state index is -0.126. The van der Waals surface area contributed by atoms with Gasteiger partial charge in [-0.25, -0.2) is 0 Å². The first-order chi connectivity index (χ1) is 6.68. The van der Waals surface area contributed by atoms with Crippen molar-refractivity contribution in [3.05, 3.63) is 34.6 Å². The summed E-state index contributed by atoms with van der Waals surface area (Å²) < 4.78 is 2.23. The molecule has 0 aliphatic heterocycles. The molecule has 1 aromatic heterocycles. The van der Waals surface area contributed by atoms with Crippen molar-refractivity contribution in [2.24, 2.45) is 5.73 Å². The van der Waals surface area contributed by atoms with Crippen molar-refractivity contribution in [3.8, 4) is 0 Å². The molecule has 1 heterocycles. The Balaban J connectivity index is 2.63. The molecule has 72 valence electrons. The summed E-state index contributed by atoms with van der Waals surface area (Å²) in [6, 6.07) is 7.34. The highest BCUT2D eigenvalue weighted by Crippen LogP contribution is 2.14. The molecule has 1 aromatic carbocycles. The molecule has 4 nitrogen and oxygen atoms in total. The Kier molecular flexibility index (Phi) is 2.22. The van der Waals surface area contributed by atoms with Gasteiger partial charge in [-0.05, 0) is 35.9 Å². The number of benzene rings is 1. The van der Waals surface area contributed by atoms with Gasteiger partial charge in [0.25, 0.3) is 5.56 Å². The summed E-state index contributed by atoms with van der Waals surface area (Å²) in [5, 5.41) is 0.750. The largest absolute Gasteiger partial charge is 0.375 e. The fraction of sp³-hybridized carbons (Fsp3) is 0. The zero-order valence-corrected chi connectivity index (χ0v) is 8.69. The molecule has 0 saturated heterocycles.